The third-order valence-electron chi connectivity index (χ3n) is 4.08. The third kappa shape index (κ3) is 8.98. The highest BCUT2D eigenvalue weighted by molar-refractivity contribution is 8.13. The van der Waals surface area contributed by atoms with E-state index < -0.39 is 29.4 Å². The number of nitrogens with one attached hydrogen (secondary N) is 2. The SMILES string of the molecule is CCC(O)C(C)C(=O)SCCNC(=O)CCNC(=O)[C@H](O)C(C)(C)CO. The summed E-state index contributed by atoms with van der Waals surface area (Å²) in [5, 5.41) is 33.5. The Kier molecular flexibility index (Phi) is 11.7. The van der Waals surface area contributed by atoms with E-state index in [0.717, 1.165) is 11.8 Å². The first-order chi connectivity index (χ1) is 12.1. The second-order valence-corrected chi connectivity index (χ2v) is 7.97. The minimum Gasteiger partial charge on any atom is -0.396 e. The molecule has 3 atom stereocenters. The molecule has 2 amide bonds. The molecule has 0 aliphatic heterocycles. The lowest BCUT2D eigenvalue weighted by molar-refractivity contribution is -0.137. The van der Waals surface area contributed by atoms with Gasteiger partial charge in [0.15, 0.2) is 5.12 Å². The number of carbonyl (C=O) groups excluding carboxylic acids is 3. The first-order valence-corrected chi connectivity index (χ1v) is 9.73. The van der Waals surface area contributed by atoms with Crippen molar-refractivity contribution in [1.82, 2.24) is 10.6 Å². The van der Waals surface area contributed by atoms with Gasteiger partial charge < -0.3 is 26.0 Å². The summed E-state index contributed by atoms with van der Waals surface area (Å²) in [6.45, 7) is 6.63. The quantitative estimate of drug-likeness (QED) is 0.287. The zero-order valence-electron chi connectivity index (χ0n) is 15.9. The zero-order valence-corrected chi connectivity index (χ0v) is 16.8. The lowest BCUT2D eigenvalue weighted by Crippen LogP contribution is -2.46. The largest absolute Gasteiger partial charge is 0.396 e. The molecule has 0 fully saturated rings. The van der Waals surface area contributed by atoms with E-state index in [-0.39, 0.29) is 30.6 Å². The van der Waals surface area contributed by atoms with Crippen LogP contribution in [0.25, 0.3) is 0 Å². The molecule has 0 aromatic heterocycles. The van der Waals surface area contributed by atoms with Gasteiger partial charge in [0, 0.05) is 30.7 Å². The van der Waals surface area contributed by atoms with Crippen molar-refractivity contribution >= 4 is 28.7 Å². The number of aliphatic hydroxyl groups excluding tert-OH is 3. The van der Waals surface area contributed by atoms with Gasteiger partial charge in [0.2, 0.25) is 11.8 Å². The maximum Gasteiger partial charge on any atom is 0.249 e. The van der Waals surface area contributed by atoms with Gasteiger partial charge in [0.25, 0.3) is 0 Å². The van der Waals surface area contributed by atoms with Crippen LogP contribution < -0.4 is 10.6 Å². The van der Waals surface area contributed by atoms with Crippen LogP contribution in [0.4, 0.5) is 0 Å². The van der Waals surface area contributed by atoms with Crippen molar-refractivity contribution in [3.63, 3.8) is 0 Å². The van der Waals surface area contributed by atoms with Gasteiger partial charge >= 0.3 is 0 Å². The Labute approximate surface area is 159 Å². The zero-order chi connectivity index (χ0) is 20.3. The molecule has 0 heterocycles. The molecule has 0 saturated carbocycles. The Morgan fingerprint density at radius 1 is 1.12 bits per heavy atom. The Morgan fingerprint density at radius 2 is 1.73 bits per heavy atom. The molecule has 0 radical (unpaired) electrons. The second-order valence-electron chi connectivity index (χ2n) is 6.87. The highest BCUT2D eigenvalue weighted by atomic mass is 32.2. The molecule has 0 aliphatic rings. The van der Waals surface area contributed by atoms with Gasteiger partial charge in [-0.05, 0) is 6.42 Å². The molecule has 0 saturated heterocycles. The summed E-state index contributed by atoms with van der Waals surface area (Å²) in [6.07, 6.45) is -1.46. The lowest BCUT2D eigenvalue weighted by Gasteiger charge is -2.27. The Hall–Kier alpha value is -1.16. The van der Waals surface area contributed by atoms with Crippen molar-refractivity contribution in [1.29, 1.82) is 0 Å². The predicted molar refractivity (Wildman–Crippen MR) is 100 cm³/mol. The number of hydrogen-bond acceptors (Lipinski definition) is 7. The highest BCUT2D eigenvalue weighted by Crippen LogP contribution is 2.19. The minimum atomic E-state index is -1.36. The molecule has 152 valence electrons. The molecule has 26 heavy (non-hydrogen) atoms. The summed E-state index contributed by atoms with van der Waals surface area (Å²) >= 11 is 1.07. The molecule has 0 aliphatic carbocycles. The fraction of sp³-hybridized carbons (Fsp3) is 0.824. The summed E-state index contributed by atoms with van der Waals surface area (Å²) in [5.41, 5.74) is -0.960. The van der Waals surface area contributed by atoms with Crippen LogP contribution in [0.15, 0.2) is 0 Å². The average molecular weight is 393 g/mol. The maximum absolute atomic E-state index is 11.8. The number of hydrogen-bond donors (Lipinski definition) is 5. The summed E-state index contributed by atoms with van der Waals surface area (Å²) in [4.78, 5) is 35.2. The van der Waals surface area contributed by atoms with E-state index in [2.05, 4.69) is 10.6 Å². The monoisotopic (exact) mass is 392 g/mol. The van der Waals surface area contributed by atoms with E-state index >= 15 is 0 Å². The molecule has 0 rings (SSSR count). The molecule has 0 aromatic carbocycles. The number of thioether (sulfide) groups is 1. The molecule has 0 aromatic rings. The smallest absolute Gasteiger partial charge is 0.249 e. The first-order valence-electron chi connectivity index (χ1n) is 8.74. The average Bonchev–Trinajstić information content (AvgIpc) is 2.62. The third-order valence-corrected chi connectivity index (χ3v) is 5.15. The second kappa shape index (κ2) is 12.3. The first kappa shape index (κ1) is 24.8. The van der Waals surface area contributed by atoms with Crippen molar-refractivity contribution in [3.8, 4) is 0 Å². The maximum atomic E-state index is 11.8. The van der Waals surface area contributed by atoms with Gasteiger partial charge in [-0.1, -0.05) is 39.5 Å². The molecule has 0 spiro atoms. The Balaban J connectivity index is 3.95. The van der Waals surface area contributed by atoms with Crippen LogP contribution in [0, 0.1) is 11.3 Å². The fourth-order valence-electron chi connectivity index (χ4n) is 1.91. The van der Waals surface area contributed by atoms with E-state index in [1.807, 2.05) is 6.92 Å². The Bertz CT molecular complexity index is 472. The van der Waals surface area contributed by atoms with E-state index in [1.165, 1.54) is 0 Å². The van der Waals surface area contributed by atoms with Crippen LogP contribution >= 0.6 is 11.8 Å². The minimum absolute atomic E-state index is 0.0432. The van der Waals surface area contributed by atoms with Crippen molar-refractivity contribution < 1.29 is 29.7 Å². The standard InChI is InChI=1S/C17H32N2O6S/c1-5-12(21)11(2)16(25)26-9-8-18-13(22)6-7-19-15(24)14(23)17(3,4)10-20/h11-12,14,20-21,23H,5-10H2,1-4H3,(H,18,22)(H,19,24)/t11?,12?,14-/m0/s1. The molecule has 9 heteroatoms. The van der Waals surface area contributed by atoms with Gasteiger partial charge in [-0.25, -0.2) is 0 Å². The van der Waals surface area contributed by atoms with E-state index in [9.17, 15) is 24.6 Å². The lowest BCUT2D eigenvalue weighted by atomic mass is 9.87. The number of amides is 2. The van der Waals surface area contributed by atoms with E-state index in [4.69, 9.17) is 5.11 Å². The molecule has 0 bridgehead atoms. The predicted octanol–water partition coefficient (Wildman–Crippen LogP) is -0.345. The summed E-state index contributed by atoms with van der Waals surface area (Å²) in [5.74, 6) is -0.955. The normalized spacial score (nSPS) is 15.0. The van der Waals surface area contributed by atoms with Crippen LogP contribution in [0.3, 0.4) is 0 Å². The van der Waals surface area contributed by atoms with Crippen LogP contribution in [-0.2, 0) is 14.4 Å². The van der Waals surface area contributed by atoms with Crippen molar-refractivity contribution in [2.24, 2.45) is 11.3 Å². The number of aliphatic hydroxyl groups is 3. The van der Waals surface area contributed by atoms with Gasteiger partial charge in [0.05, 0.1) is 18.6 Å². The van der Waals surface area contributed by atoms with Gasteiger partial charge in [-0.2, -0.15) is 0 Å². The van der Waals surface area contributed by atoms with Crippen molar-refractivity contribution in [2.45, 2.75) is 52.7 Å². The fourth-order valence-corrected chi connectivity index (χ4v) is 2.74. The Morgan fingerprint density at radius 3 is 2.27 bits per heavy atom. The molecular weight excluding hydrogens is 360 g/mol. The number of rotatable bonds is 12. The van der Waals surface area contributed by atoms with Crippen LogP contribution in [0.1, 0.15) is 40.5 Å². The van der Waals surface area contributed by atoms with Gasteiger partial charge in [-0.3, -0.25) is 14.4 Å². The molecule has 5 N–H and O–H groups in total. The summed E-state index contributed by atoms with van der Waals surface area (Å²) in [7, 11) is 0. The summed E-state index contributed by atoms with van der Waals surface area (Å²) < 4.78 is 0. The molecule has 2 unspecified atom stereocenters. The van der Waals surface area contributed by atoms with Gasteiger partial charge in [-0.15, -0.1) is 0 Å². The van der Waals surface area contributed by atoms with E-state index in [0.29, 0.717) is 18.7 Å². The molecular formula is C17H32N2O6S. The van der Waals surface area contributed by atoms with Crippen LogP contribution in [-0.4, -0.2) is 69.9 Å². The highest BCUT2D eigenvalue weighted by Gasteiger charge is 2.32. The summed E-state index contributed by atoms with van der Waals surface area (Å²) in [6, 6.07) is 0. The number of carbonyl (C=O) groups is 3. The van der Waals surface area contributed by atoms with E-state index in [1.54, 1.807) is 20.8 Å². The van der Waals surface area contributed by atoms with Crippen molar-refractivity contribution in [2.75, 3.05) is 25.4 Å². The van der Waals surface area contributed by atoms with Crippen molar-refractivity contribution in [3.05, 3.63) is 0 Å². The van der Waals surface area contributed by atoms with Gasteiger partial charge in [0.1, 0.15) is 6.10 Å². The topological polar surface area (TPSA) is 136 Å². The van der Waals surface area contributed by atoms with Crippen LogP contribution in [0.5, 0.6) is 0 Å². The van der Waals surface area contributed by atoms with Crippen LogP contribution in [0.2, 0.25) is 0 Å². The molecule has 8 nitrogen and oxygen atoms in total.